The van der Waals surface area contributed by atoms with Crippen LogP contribution in [0.25, 0.3) is 22.6 Å². The van der Waals surface area contributed by atoms with E-state index in [0.717, 1.165) is 32.2 Å². The highest BCUT2D eigenvalue weighted by atomic mass is 19.4. The zero-order valence-electron chi connectivity index (χ0n) is 20.9. The summed E-state index contributed by atoms with van der Waals surface area (Å²) < 4.78 is 44.1. The summed E-state index contributed by atoms with van der Waals surface area (Å²) in [6.07, 6.45) is 3.30. The molecule has 3 aromatic rings. The average Bonchev–Trinajstić information content (AvgIpc) is 3.52. The summed E-state index contributed by atoms with van der Waals surface area (Å²) in [4.78, 5) is 30.8. The monoisotopic (exact) mass is 530 g/mol. The Balaban J connectivity index is 1.44. The molecule has 1 atom stereocenters. The number of likely N-dealkylation sites (tertiary alicyclic amines) is 2. The van der Waals surface area contributed by atoms with E-state index in [4.69, 9.17) is 0 Å². The van der Waals surface area contributed by atoms with Crippen LogP contribution in [-0.4, -0.2) is 85.0 Å². The molecule has 2 saturated heterocycles. The predicted molar refractivity (Wildman–Crippen MR) is 132 cm³/mol. The molecule has 0 unspecified atom stereocenters. The summed E-state index contributed by atoms with van der Waals surface area (Å²) in [6.45, 7) is 2.22. The van der Waals surface area contributed by atoms with Crippen molar-refractivity contribution in [2.45, 2.75) is 44.1 Å². The number of amides is 1. The fraction of sp³-hybridized carbons (Fsp3) is 0.462. The molecule has 1 N–H and O–H groups in total. The van der Waals surface area contributed by atoms with E-state index >= 15 is 0 Å². The van der Waals surface area contributed by atoms with Crippen molar-refractivity contribution in [1.29, 1.82) is 0 Å². The van der Waals surface area contributed by atoms with Crippen LogP contribution in [0.5, 0.6) is 5.75 Å². The van der Waals surface area contributed by atoms with Gasteiger partial charge in [0.05, 0.1) is 6.61 Å². The summed E-state index contributed by atoms with van der Waals surface area (Å²) in [6, 6.07) is 6.02. The lowest BCUT2D eigenvalue weighted by Crippen LogP contribution is -2.49. The van der Waals surface area contributed by atoms with Crippen LogP contribution in [0, 0.1) is 0 Å². The normalized spacial score (nSPS) is 19.2. The molecule has 2 aliphatic rings. The molecule has 2 aromatic heterocycles. The molecule has 9 nitrogen and oxygen atoms in total. The lowest BCUT2D eigenvalue weighted by molar-refractivity contribution is -0.274. The van der Waals surface area contributed by atoms with Gasteiger partial charge in [0, 0.05) is 55.7 Å². The molecule has 4 heterocycles. The van der Waals surface area contributed by atoms with Crippen molar-refractivity contribution in [2.24, 2.45) is 7.05 Å². The maximum atomic E-state index is 13.9. The maximum absolute atomic E-state index is 13.9. The molecule has 2 aliphatic heterocycles. The van der Waals surface area contributed by atoms with Crippen molar-refractivity contribution in [3.63, 3.8) is 0 Å². The van der Waals surface area contributed by atoms with Gasteiger partial charge in [-0.25, -0.2) is 15.0 Å². The molecule has 5 rings (SSSR count). The largest absolute Gasteiger partial charge is 0.573 e. The minimum absolute atomic E-state index is 0.147. The van der Waals surface area contributed by atoms with Gasteiger partial charge in [-0.05, 0) is 44.4 Å². The van der Waals surface area contributed by atoms with Crippen molar-refractivity contribution >= 4 is 5.91 Å². The third-order valence-electron chi connectivity index (χ3n) is 7.31. The van der Waals surface area contributed by atoms with Gasteiger partial charge in [0.25, 0.3) is 5.91 Å². The number of piperidine rings is 1. The highest BCUT2D eigenvalue weighted by Gasteiger charge is 2.35. The molecule has 0 saturated carbocycles. The molecule has 2 fully saturated rings. The number of nitrogens with zero attached hydrogens (tertiary/aromatic N) is 6. The number of imidazole rings is 1. The van der Waals surface area contributed by atoms with Gasteiger partial charge in [0.2, 0.25) is 0 Å². The van der Waals surface area contributed by atoms with Crippen molar-refractivity contribution in [2.75, 3.05) is 26.2 Å². The Labute approximate surface area is 217 Å². The van der Waals surface area contributed by atoms with E-state index in [-0.39, 0.29) is 24.3 Å². The Morgan fingerprint density at radius 2 is 1.84 bits per heavy atom. The molecular formula is C26H29F3N6O3. The zero-order valence-corrected chi connectivity index (χ0v) is 20.9. The summed E-state index contributed by atoms with van der Waals surface area (Å²) in [5, 5.41) is 9.70. The Kier molecular flexibility index (Phi) is 7.35. The second-order valence-electron chi connectivity index (χ2n) is 9.63. The van der Waals surface area contributed by atoms with Crippen molar-refractivity contribution < 1.29 is 27.8 Å². The van der Waals surface area contributed by atoms with Crippen molar-refractivity contribution in [3.05, 3.63) is 48.7 Å². The first-order valence-electron chi connectivity index (χ1n) is 12.6. The van der Waals surface area contributed by atoms with Gasteiger partial charge in [0.1, 0.15) is 29.3 Å². The van der Waals surface area contributed by atoms with Gasteiger partial charge in [-0.3, -0.25) is 9.69 Å². The van der Waals surface area contributed by atoms with Crippen LogP contribution in [0.3, 0.4) is 0 Å². The molecule has 0 bridgehead atoms. The lowest BCUT2D eigenvalue weighted by atomic mass is 10.0. The van der Waals surface area contributed by atoms with Gasteiger partial charge < -0.3 is 19.3 Å². The Morgan fingerprint density at radius 3 is 2.53 bits per heavy atom. The van der Waals surface area contributed by atoms with E-state index < -0.39 is 6.36 Å². The number of ether oxygens (including phenoxy) is 1. The molecule has 12 heteroatoms. The van der Waals surface area contributed by atoms with Gasteiger partial charge in [-0.2, -0.15) is 0 Å². The SMILES string of the molecule is Cn1c(-c2cccc(OC(F)(F)F)c2)nc(-c2cncnc2)c1C(=O)N1CCC(N2CCC[C@@H]2CO)CC1. The Bertz CT molecular complexity index is 1270. The summed E-state index contributed by atoms with van der Waals surface area (Å²) in [7, 11) is 1.67. The topological polar surface area (TPSA) is 96.6 Å². The van der Waals surface area contributed by atoms with Crippen molar-refractivity contribution in [3.8, 4) is 28.4 Å². The van der Waals surface area contributed by atoms with Gasteiger partial charge in [-0.15, -0.1) is 13.2 Å². The van der Waals surface area contributed by atoms with E-state index in [1.54, 1.807) is 35.0 Å². The zero-order chi connectivity index (χ0) is 26.9. The predicted octanol–water partition coefficient (Wildman–Crippen LogP) is 3.50. The number of carbonyl (C=O) groups excluding carboxylic acids is 1. The van der Waals surface area contributed by atoms with E-state index in [9.17, 15) is 23.1 Å². The van der Waals surface area contributed by atoms with E-state index in [0.29, 0.717) is 47.5 Å². The van der Waals surface area contributed by atoms with Crippen LogP contribution in [0.15, 0.2) is 43.0 Å². The summed E-state index contributed by atoms with van der Waals surface area (Å²) in [5.41, 5.74) is 1.56. The second-order valence-corrected chi connectivity index (χ2v) is 9.63. The quantitative estimate of drug-likeness (QED) is 0.521. The fourth-order valence-electron chi connectivity index (χ4n) is 5.54. The molecule has 202 valence electrons. The lowest BCUT2D eigenvalue weighted by Gasteiger charge is -2.39. The Morgan fingerprint density at radius 1 is 1.11 bits per heavy atom. The van der Waals surface area contributed by atoms with E-state index in [1.165, 1.54) is 24.5 Å². The molecule has 1 amide bonds. The number of carbonyl (C=O) groups is 1. The third-order valence-corrected chi connectivity index (χ3v) is 7.31. The minimum Gasteiger partial charge on any atom is -0.406 e. The van der Waals surface area contributed by atoms with Crippen LogP contribution >= 0.6 is 0 Å². The molecule has 0 spiro atoms. The highest BCUT2D eigenvalue weighted by molar-refractivity contribution is 5.99. The molecule has 0 radical (unpaired) electrons. The number of aliphatic hydroxyl groups excluding tert-OH is 1. The van der Waals surface area contributed by atoms with Crippen LogP contribution in [0.4, 0.5) is 13.2 Å². The third kappa shape index (κ3) is 5.37. The number of alkyl halides is 3. The standard InChI is InChI=1S/C26H29F3N6O3/c1-33-23(25(37)34-10-7-19(8-11-34)35-9-3-5-20(35)15-36)22(18-13-30-16-31-14-18)32-24(33)17-4-2-6-21(12-17)38-26(27,28)29/h2,4,6,12-14,16,19-20,36H,3,5,7-11,15H2,1H3/t20-/m1/s1. The second kappa shape index (κ2) is 10.7. The highest BCUT2D eigenvalue weighted by Crippen LogP contribution is 2.33. The van der Waals surface area contributed by atoms with Crippen molar-refractivity contribution in [1.82, 2.24) is 29.3 Å². The van der Waals surface area contributed by atoms with E-state index in [2.05, 4.69) is 24.6 Å². The average molecular weight is 531 g/mol. The minimum atomic E-state index is -4.83. The fourth-order valence-corrected chi connectivity index (χ4v) is 5.54. The number of rotatable bonds is 6. The summed E-state index contributed by atoms with van der Waals surface area (Å²) in [5.74, 6) is -0.274. The maximum Gasteiger partial charge on any atom is 0.573 e. The summed E-state index contributed by atoms with van der Waals surface area (Å²) >= 11 is 0. The first-order valence-corrected chi connectivity index (χ1v) is 12.6. The van der Waals surface area contributed by atoms with Gasteiger partial charge in [0.15, 0.2) is 0 Å². The number of halogens is 3. The molecular weight excluding hydrogens is 501 g/mol. The number of hydrogen-bond donors (Lipinski definition) is 1. The molecule has 38 heavy (non-hydrogen) atoms. The Hall–Kier alpha value is -3.51. The first-order chi connectivity index (χ1) is 18.2. The number of benzene rings is 1. The molecule has 0 aliphatic carbocycles. The van der Waals surface area contributed by atoms with Crippen LogP contribution in [0.2, 0.25) is 0 Å². The number of aromatic nitrogens is 4. The van der Waals surface area contributed by atoms with Gasteiger partial charge in [-0.1, -0.05) is 12.1 Å². The van der Waals surface area contributed by atoms with Crippen LogP contribution in [0.1, 0.15) is 36.2 Å². The smallest absolute Gasteiger partial charge is 0.406 e. The van der Waals surface area contributed by atoms with Gasteiger partial charge >= 0.3 is 6.36 Å². The molecule has 1 aromatic carbocycles. The first kappa shape index (κ1) is 26.1. The van der Waals surface area contributed by atoms with Crippen LogP contribution in [-0.2, 0) is 7.05 Å². The number of hydrogen-bond acceptors (Lipinski definition) is 7. The van der Waals surface area contributed by atoms with Crippen LogP contribution < -0.4 is 4.74 Å². The number of aliphatic hydroxyl groups is 1. The van der Waals surface area contributed by atoms with E-state index in [1.807, 2.05) is 0 Å².